The second kappa shape index (κ2) is 4.94. The van der Waals surface area contributed by atoms with Crippen LogP contribution in [0.1, 0.15) is 24.8 Å². The van der Waals surface area contributed by atoms with Crippen molar-refractivity contribution >= 4 is 23.2 Å². The molecule has 0 aliphatic heterocycles. The highest BCUT2D eigenvalue weighted by Crippen LogP contribution is 2.33. The van der Waals surface area contributed by atoms with Gasteiger partial charge in [-0.1, -0.05) is 11.6 Å². The standard InChI is InChI=1S/C12H16ClN5O/c1-8-10(13)16-12-14-7-15-18(12)11(8)17(5-6-19)9-3-2-4-9/h7,9,19H,2-6H2,1H3. The van der Waals surface area contributed by atoms with E-state index in [-0.39, 0.29) is 6.61 Å². The lowest BCUT2D eigenvalue weighted by atomic mass is 9.91. The van der Waals surface area contributed by atoms with Crippen LogP contribution in [0, 0.1) is 6.92 Å². The van der Waals surface area contributed by atoms with Crippen molar-refractivity contribution in [3.05, 3.63) is 17.0 Å². The first-order chi connectivity index (χ1) is 9.22. The van der Waals surface area contributed by atoms with Crippen LogP contribution in [0.4, 0.5) is 5.82 Å². The summed E-state index contributed by atoms with van der Waals surface area (Å²) in [6, 6.07) is 0.441. The second-order valence-electron chi connectivity index (χ2n) is 4.82. The highest BCUT2D eigenvalue weighted by atomic mass is 35.5. The Kier molecular flexibility index (Phi) is 3.28. The molecule has 0 bridgehead atoms. The minimum Gasteiger partial charge on any atom is -0.395 e. The normalized spacial score (nSPS) is 15.7. The Balaban J connectivity index is 2.14. The van der Waals surface area contributed by atoms with Gasteiger partial charge in [-0.25, -0.2) is 0 Å². The number of nitrogens with zero attached hydrogens (tertiary/aromatic N) is 5. The second-order valence-corrected chi connectivity index (χ2v) is 5.18. The average molecular weight is 282 g/mol. The summed E-state index contributed by atoms with van der Waals surface area (Å²) in [5.41, 5.74) is 0.875. The molecule has 1 saturated carbocycles. The molecule has 1 N–H and O–H groups in total. The van der Waals surface area contributed by atoms with Gasteiger partial charge in [0.15, 0.2) is 0 Å². The Morgan fingerprint density at radius 3 is 2.95 bits per heavy atom. The maximum atomic E-state index is 9.31. The van der Waals surface area contributed by atoms with Gasteiger partial charge in [0, 0.05) is 18.2 Å². The van der Waals surface area contributed by atoms with Crippen molar-refractivity contribution in [1.82, 2.24) is 19.6 Å². The van der Waals surface area contributed by atoms with Crippen LogP contribution in [0.2, 0.25) is 5.15 Å². The SMILES string of the molecule is Cc1c(Cl)nc2ncnn2c1N(CCO)C1CCC1. The molecule has 2 aromatic rings. The van der Waals surface area contributed by atoms with Gasteiger partial charge in [-0.05, 0) is 26.2 Å². The van der Waals surface area contributed by atoms with E-state index in [1.807, 2.05) is 6.92 Å². The summed E-state index contributed by atoms with van der Waals surface area (Å²) in [6.45, 7) is 2.60. The first-order valence-corrected chi connectivity index (χ1v) is 6.83. The summed E-state index contributed by atoms with van der Waals surface area (Å²) < 4.78 is 1.70. The molecule has 0 unspecified atom stereocenters. The number of aromatic nitrogens is 4. The lowest BCUT2D eigenvalue weighted by Crippen LogP contribution is -2.43. The van der Waals surface area contributed by atoms with E-state index in [2.05, 4.69) is 20.0 Å². The Labute approximate surface area is 116 Å². The van der Waals surface area contributed by atoms with E-state index >= 15 is 0 Å². The molecule has 0 atom stereocenters. The number of rotatable bonds is 4. The molecule has 1 fully saturated rings. The molecular formula is C12H16ClN5O. The molecule has 1 aliphatic rings. The van der Waals surface area contributed by atoms with Crippen LogP contribution in [0.15, 0.2) is 6.33 Å². The molecule has 3 rings (SSSR count). The first-order valence-electron chi connectivity index (χ1n) is 6.45. The van der Waals surface area contributed by atoms with E-state index in [9.17, 15) is 5.11 Å². The van der Waals surface area contributed by atoms with Crippen LogP contribution in [0.5, 0.6) is 0 Å². The van der Waals surface area contributed by atoms with Gasteiger partial charge in [-0.15, -0.1) is 0 Å². The van der Waals surface area contributed by atoms with Gasteiger partial charge in [-0.3, -0.25) is 0 Å². The Morgan fingerprint density at radius 1 is 1.53 bits per heavy atom. The van der Waals surface area contributed by atoms with E-state index in [1.54, 1.807) is 4.52 Å². The van der Waals surface area contributed by atoms with Crippen molar-refractivity contribution in [2.45, 2.75) is 32.2 Å². The minimum absolute atomic E-state index is 0.103. The van der Waals surface area contributed by atoms with E-state index in [1.165, 1.54) is 12.7 Å². The van der Waals surface area contributed by atoms with E-state index < -0.39 is 0 Å². The Bertz CT molecular complexity index is 595. The number of hydrogen-bond donors (Lipinski definition) is 1. The largest absolute Gasteiger partial charge is 0.395 e. The number of aliphatic hydroxyl groups excluding tert-OH is 1. The van der Waals surface area contributed by atoms with Gasteiger partial charge in [0.05, 0.1) is 6.61 Å². The van der Waals surface area contributed by atoms with Crippen LogP contribution < -0.4 is 4.90 Å². The number of fused-ring (bicyclic) bond motifs is 1. The summed E-state index contributed by atoms with van der Waals surface area (Å²) in [4.78, 5) is 10.5. The van der Waals surface area contributed by atoms with Crippen LogP contribution in [0.3, 0.4) is 0 Å². The van der Waals surface area contributed by atoms with Gasteiger partial charge >= 0.3 is 0 Å². The average Bonchev–Trinajstić information content (AvgIpc) is 2.75. The number of hydrogen-bond acceptors (Lipinski definition) is 5. The third-order valence-corrected chi connectivity index (χ3v) is 4.07. The molecule has 0 aromatic carbocycles. The summed E-state index contributed by atoms with van der Waals surface area (Å²) in [5.74, 6) is 1.39. The molecule has 0 saturated heterocycles. The monoisotopic (exact) mass is 281 g/mol. The van der Waals surface area contributed by atoms with Gasteiger partial charge in [0.1, 0.15) is 17.3 Å². The third kappa shape index (κ3) is 2.04. The highest BCUT2D eigenvalue weighted by molar-refractivity contribution is 6.30. The Morgan fingerprint density at radius 2 is 2.32 bits per heavy atom. The summed E-state index contributed by atoms with van der Waals surface area (Å²) in [6.07, 6.45) is 4.97. The molecule has 2 heterocycles. The van der Waals surface area contributed by atoms with Gasteiger partial charge < -0.3 is 10.0 Å². The predicted molar refractivity (Wildman–Crippen MR) is 72.6 cm³/mol. The van der Waals surface area contributed by atoms with Crippen molar-refractivity contribution in [2.24, 2.45) is 0 Å². The van der Waals surface area contributed by atoms with Crippen molar-refractivity contribution < 1.29 is 5.11 Å². The maximum absolute atomic E-state index is 9.31. The van der Waals surface area contributed by atoms with Crippen molar-refractivity contribution in [3.8, 4) is 0 Å². The topological polar surface area (TPSA) is 66.5 Å². The molecule has 0 spiro atoms. The van der Waals surface area contributed by atoms with Crippen LogP contribution in [0.25, 0.3) is 5.78 Å². The zero-order chi connectivity index (χ0) is 13.4. The zero-order valence-corrected chi connectivity index (χ0v) is 11.5. The summed E-state index contributed by atoms with van der Waals surface area (Å²) in [5, 5.41) is 14.0. The molecule has 0 amide bonds. The van der Waals surface area contributed by atoms with Gasteiger partial charge in [0.25, 0.3) is 5.78 Å². The van der Waals surface area contributed by atoms with Crippen LogP contribution >= 0.6 is 11.6 Å². The molecule has 2 aromatic heterocycles. The van der Waals surface area contributed by atoms with Crippen molar-refractivity contribution in [3.63, 3.8) is 0 Å². The minimum atomic E-state index is 0.103. The molecule has 1 aliphatic carbocycles. The molecule has 0 radical (unpaired) electrons. The summed E-state index contributed by atoms with van der Waals surface area (Å²) >= 11 is 6.18. The lowest BCUT2D eigenvalue weighted by molar-refractivity contribution is 0.282. The lowest BCUT2D eigenvalue weighted by Gasteiger charge is -2.39. The number of halogens is 1. The van der Waals surface area contributed by atoms with Crippen molar-refractivity contribution in [1.29, 1.82) is 0 Å². The fraction of sp³-hybridized carbons (Fsp3) is 0.583. The highest BCUT2D eigenvalue weighted by Gasteiger charge is 2.28. The predicted octanol–water partition coefficient (Wildman–Crippen LogP) is 1.44. The van der Waals surface area contributed by atoms with E-state index in [0.29, 0.717) is 23.5 Å². The molecule has 6 nitrogen and oxygen atoms in total. The molecule has 102 valence electrons. The quantitative estimate of drug-likeness (QED) is 0.859. The fourth-order valence-corrected chi connectivity index (χ4v) is 2.65. The van der Waals surface area contributed by atoms with Crippen molar-refractivity contribution in [2.75, 3.05) is 18.1 Å². The Hall–Kier alpha value is -1.40. The molecule has 7 heteroatoms. The number of aliphatic hydroxyl groups is 1. The smallest absolute Gasteiger partial charge is 0.255 e. The first kappa shape index (κ1) is 12.6. The maximum Gasteiger partial charge on any atom is 0.255 e. The fourth-order valence-electron chi connectivity index (χ4n) is 2.49. The summed E-state index contributed by atoms with van der Waals surface area (Å²) in [7, 11) is 0. The third-order valence-electron chi connectivity index (χ3n) is 3.70. The number of anilines is 1. The van der Waals surface area contributed by atoms with Crippen LogP contribution in [-0.4, -0.2) is 43.9 Å². The van der Waals surface area contributed by atoms with Crippen LogP contribution in [-0.2, 0) is 0 Å². The van der Waals surface area contributed by atoms with Gasteiger partial charge in [-0.2, -0.15) is 19.6 Å². The van der Waals surface area contributed by atoms with Gasteiger partial charge in [0.2, 0.25) is 0 Å². The molecule has 19 heavy (non-hydrogen) atoms. The van der Waals surface area contributed by atoms with E-state index in [4.69, 9.17) is 11.6 Å². The molecular weight excluding hydrogens is 266 g/mol. The van der Waals surface area contributed by atoms with E-state index in [0.717, 1.165) is 24.2 Å². The zero-order valence-electron chi connectivity index (χ0n) is 10.8.